The average Bonchev–Trinajstić information content (AvgIpc) is 2.42. The van der Waals surface area contributed by atoms with Crippen molar-refractivity contribution in [2.45, 2.75) is 91.4 Å². The summed E-state index contributed by atoms with van der Waals surface area (Å²) in [7, 11) is 0. The van der Waals surface area contributed by atoms with E-state index in [2.05, 4.69) is 13.8 Å². The van der Waals surface area contributed by atoms with Crippen LogP contribution in [-0.4, -0.2) is 17.0 Å². The number of carboxylic acids is 1. The minimum Gasteiger partial charge on any atom is -0.481 e. The SMILES string of the molecule is CC(CC(N)=O)C(=O)O.CCCCCCCCCCCC. The number of unbranched alkanes of at least 4 members (excludes halogenated alkanes) is 9. The lowest BCUT2D eigenvalue weighted by Gasteiger charge is -1.99. The standard InChI is InChI=1S/C12H26.C5H9NO3/c1-3-5-7-9-11-12-10-8-6-4-2;1-3(5(8)9)2-4(6)7/h3-12H2,1-2H3;3H,2H2,1H3,(H2,6,7)(H,8,9). The third kappa shape index (κ3) is 21.4. The second kappa shape index (κ2) is 17.0. The summed E-state index contributed by atoms with van der Waals surface area (Å²) < 4.78 is 0. The predicted octanol–water partition coefficient (Wildman–Crippen LogP) is 4.51. The zero-order chi connectivity index (χ0) is 16.5. The lowest BCUT2D eigenvalue weighted by atomic mass is 10.1. The van der Waals surface area contributed by atoms with Crippen LogP contribution in [0.3, 0.4) is 0 Å². The molecule has 21 heavy (non-hydrogen) atoms. The van der Waals surface area contributed by atoms with Crippen LogP contribution < -0.4 is 5.73 Å². The van der Waals surface area contributed by atoms with Crippen molar-refractivity contribution >= 4 is 11.9 Å². The molecule has 0 aliphatic rings. The molecule has 0 heterocycles. The van der Waals surface area contributed by atoms with E-state index in [1.54, 1.807) is 0 Å². The summed E-state index contributed by atoms with van der Waals surface area (Å²) in [5.74, 6) is -2.23. The number of amides is 1. The van der Waals surface area contributed by atoms with E-state index >= 15 is 0 Å². The Morgan fingerprint density at radius 2 is 1.19 bits per heavy atom. The van der Waals surface area contributed by atoms with Crippen molar-refractivity contribution in [3.63, 3.8) is 0 Å². The number of carbonyl (C=O) groups is 2. The first-order chi connectivity index (χ1) is 9.95. The van der Waals surface area contributed by atoms with Gasteiger partial charge in [-0.2, -0.15) is 0 Å². The van der Waals surface area contributed by atoms with Crippen LogP contribution in [0.1, 0.15) is 91.4 Å². The van der Waals surface area contributed by atoms with Crippen molar-refractivity contribution in [1.82, 2.24) is 0 Å². The van der Waals surface area contributed by atoms with E-state index < -0.39 is 17.8 Å². The second-order valence-electron chi connectivity index (χ2n) is 5.74. The van der Waals surface area contributed by atoms with Crippen LogP contribution in [0.5, 0.6) is 0 Å². The smallest absolute Gasteiger partial charge is 0.306 e. The molecular formula is C17H35NO3. The van der Waals surface area contributed by atoms with E-state index in [1.165, 1.54) is 71.1 Å². The first kappa shape index (κ1) is 22.2. The number of aliphatic carboxylic acids is 1. The van der Waals surface area contributed by atoms with Gasteiger partial charge >= 0.3 is 5.97 Å². The molecule has 0 saturated heterocycles. The van der Waals surface area contributed by atoms with Crippen molar-refractivity contribution in [2.75, 3.05) is 0 Å². The highest BCUT2D eigenvalue weighted by atomic mass is 16.4. The van der Waals surface area contributed by atoms with Crippen molar-refractivity contribution in [2.24, 2.45) is 11.7 Å². The van der Waals surface area contributed by atoms with Gasteiger partial charge in [0.1, 0.15) is 0 Å². The minimum atomic E-state index is -0.992. The van der Waals surface area contributed by atoms with Crippen LogP contribution in [-0.2, 0) is 9.59 Å². The molecule has 1 amide bonds. The summed E-state index contributed by atoms with van der Waals surface area (Å²) >= 11 is 0. The van der Waals surface area contributed by atoms with Crippen LogP contribution in [0, 0.1) is 5.92 Å². The molecule has 0 spiro atoms. The Hall–Kier alpha value is -1.06. The highest BCUT2D eigenvalue weighted by Crippen LogP contribution is 2.09. The Morgan fingerprint density at radius 1 is 0.857 bits per heavy atom. The summed E-state index contributed by atoms with van der Waals surface area (Å²) in [6.45, 7) is 6.00. The molecule has 0 aliphatic heterocycles. The molecule has 0 aliphatic carbocycles. The maximum absolute atomic E-state index is 10.1. The zero-order valence-electron chi connectivity index (χ0n) is 14.2. The Labute approximate surface area is 130 Å². The maximum atomic E-state index is 10.1. The summed E-state index contributed by atoms with van der Waals surface area (Å²) in [6.07, 6.45) is 14.4. The van der Waals surface area contributed by atoms with Crippen LogP contribution >= 0.6 is 0 Å². The predicted molar refractivity (Wildman–Crippen MR) is 88.1 cm³/mol. The van der Waals surface area contributed by atoms with Gasteiger partial charge in [-0.15, -0.1) is 0 Å². The molecule has 3 N–H and O–H groups in total. The van der Waals surface area contributed by atoms with E-state index in [9.17, 15) is 9.59 Å². The van der Waals surface area contributed by atoms with E-state index in [4.69, 9.17) is 10.8 Å². The fourth-order valence-electron chi connectivity index (χ4n) is 1.95. The molecule has 0 aromatic carbocycles. The van der Waals surface area contributed by atoms with E-state index in [1.807, 2.05) is 0 Å². The Kier molecular flexibility index (Phi) is 18.0. The molecule has 0 fully saturated rings. The highest BCUT2D eigenvalue weighted by Gasteiger charge is 2.12. The van der Waals surface area contributed by atoms with Crippen molar-refractivity contribution in [3.05, 3.63) is 0 Å². The molecule has 0 rings (SSSR count). The average molecular weight is 301 g/mol. The van der Waals surface area contributed by atoms with Crippen LogP contribution in [0.25, 0.3) is 0 Å². The molecule has 1 unspecified atom stereocenters. The fraction of sp³-hybridized carbons (Fsp3) is 0.882. The first-order valence-electron chi connectivity index (χ1n) is 8.46. The number of primary amides is 1. The number of rotatable bonds is 12. The van der Waals surface area contributed by atoms with Crippen molar-refractivity contribution < 1.29 is 14.7 Å². The van der Waals surface area contributed by atoms with Gasteiger partial charge in [0.15, 0.2) is 0 Å². The van der Waals surface area contributed by atoms with Crippen LogP contribution in [0.4, 0.5) is 0 Å². The van der Waals surface area contributed by atoms with Gasteiger partial charge < -0.3 is 10.8 Å². The Morgan fingerprint density at radius 3 is 1.38 bits per heavy atom. The normalized spacial score (nSPS) is 11.4. The lowest BCUT2D eigenvalue weighted by molar-refractivity contribution is -0.143. The quantitative estimate of drug-likeness (QED) is 0.520. The van der Waals surface area contributed by atoms with E-state index in [0.717, 1.165) is 0 Å². The topological polar surface area (TPSA) is 80.4 Å². The van der Waals surface area contributed by atoms with Crippen molar-refractivity contribution in [3.8, 4) is 0 Å². The molecule has 1 atom stereocenters. The third-order valence-corrected chi connectivity index (χ3v) is 3.39. The van der Waals surface area contributed by atoms with Crippen molar-refractivity contribution in [1.29, 1.82) is 0 Å². The summed E-state index contributed by atoms with van der Waals surface area (Å²) in [4.78, 5) is 20.1. The summed E-state index contributed by atoms with van der Waals surface area (Å²) in [5, 5.41) is 8.22. The number of carbonyl (C=O) groups excluding carboxylic acids is 1. The molecule has 0 saturated carbocycles. The maximum Gasteiger partial charge on any atom is 0.306 e. The molecule has 4 heteroatoms. The highest BCUT2D eigenvalue weighted by molar-refractivity contribution is 5.80. The number of nitrogens with two attached hydrogens (primary N) is 1. The van der Waals surface area contributed by atoms with Gasteiger partial charge in [0, 0.05) is 6.42 Å². The molecule has 4 nitrogen and oxygen atoms in total. The van der Waals surface area contributed by atoms with Crippen LogP contribution in [0.15, 0.2) is 0 Å². The zero-order valence-corrected chi connectivity index (χ0v) is 14.2. The second-order valence-corrected chi connectivity index (χ2v) is 5.74. The lowest BCUT2D eigenvalue weighted by Crippen LogP contribution is -2.19. The molecule has 0 aromatic heterocycles. The minimum absolute atomic E-state index is 0.0880. The van der Waals surface area contributed by atoms with Gasteiger partial charge in [-0.3, -0.25) is 9.59 Å². The van der Waals surface area contributed by atoms with E-state index in [-0.39, 0.29) is 6.42 Å². The summed E-state index contributed by atoms with van der Waals surface area (Å²) in [5.41, 5.74) is 4.73. The number of hydrogen-bond acceptors (Lipinski definition) is 2. The fourth-order valence-corrected chi connectivity index (χ4v) is 1.95. The van der Waals surface area contributed by atoms with Gasteiger partial charge in [-0.05, 0) is 0 Å². The van der Waals surface area contributed by atoms with Gasteiger partial charge in [-0.25, -0.2) is 0 Å². The van der Waals surface area contributed by atoms with Gasteiger partial charge in [0.25, 0.3) is 0 Å². The molecule has 0 radical (unpaired) electrons. The van der Waals surface area contributed by atoms with Crippen LogP contribution in [0.2, 0.25) is 0 Å². The number of carboxylic acid groups (broad SMARTS) is 1. The van der Waals surface area contributed by atoms with Gasteiger partial charge in [0.2, 0.25) is 5.91 Å². The largest absolute Gasteiger partial charge is 0.481 e. The molecule has 0 aromatic rings. The molecule has 0 bridgehead atoms. The van der Waals surface area contributed by atoms with Gasteiger partial charge in [-0.1, -0.05) is 85.0 Å². The Bertz CT molecular complexity index is 244. The monoisotopic (exact) mass is 301 g/mol. The van der Waals surface area contributed by atoms with E-state index in [0.29, 0.717) is 0 Å². The Balaban J connectivity index is 0. The molecule has 126 valence electrons. The molecular weight excluding hydrogens is 266 g/mol. The summed E-state index contributed by atoms with van der Waals surface area (Å²) in [6, 6.07) is 0. The number of hydrogen-bond donors (Lipinski definition) is 2. The third-order valence-electron chi connectivity index (χ3n) is 3.39. The van der Waals surface area contributed by atoms with Gasteiger partial charge in [0.05, 0.1) is 5.92 Å². The first-order valence-corrected chi connectivity index (χ1v) is 8.46.